The van der Waals surface area contributed by atoms with E-state index in [1.807, 2.05) is 30.3 Å². The number of hydrogen-bond donors (Lipinski definition) is 1. The maximum absolute atomic E-state index is 13.0. The van der Waals surface area contributed by atoms with Crippen molar-refractivity contribution in [2.75, 3.05) is 25.0 Å². The molecule has 136 valence electrons. The summed E-state index contributed by atoms with van der Waals surface area (Å²) >= 11 is 0. The van der Waals surface area contributed by atoms with E-state index in [4.69, 9.17) is 4.74 Å². The summed E-state index contributed by atoms with van der Waals surface area (Å²) in [5.41, 5.74) is 2.01. The summed E-state index contributed by atoms with van der Waals surface area (Å²) < 4.78 is 5.03. The molecule has 0 aliphatic carbocycles. The van der Waals surface area contributed by atoms with Crippen LogP contribution < -0.4 is 5.32 Å². The monoisotopic (exact) mass is 352 g/mol. The molecule has 0 radical (unpaired) electrons. The molecule has 0 bridgehead atoms. The molecule has 0 spiro atoms. The molecule has 1 saturated heterocycles. The van der Waals surface area contributed by atoms with E-state index in [2.05, 4.69) is 10.2 Å². The van der Waals surface area contributed by atoms with Crippen LogP contribution in [-0.4, -0.2) is 36.5 Å². The Morgan fingerprint density at radius 2 is 1.81 bits per heavy atom. The first-order valence-corrected chi connectivity index (χ1v) is 9.06. The molecule has 1 aliphatic heterocycles. The normalized spacial score (nSPS) is 15.4. The zero-order chi connectivity index (χ0) is 18.4. The Morgan fingerprint density at radius 3 is 2.50 bits per heavy atom. The average Bonchev–Trinajstić information content (AvgIpc) is 3.17. The van der Waals surface area contributed by atoms with Gasteiger partial charge in [-0.1, -0.05) is 36.4 Å². The molecule has 5 heteroatoms. The van der Waals surface area contributed by atoms with Crippen molar-refractivity contribution in [1.29, 1.82) is 0 Å². The van der Waals surface area contributed by atoms with E-state index in [1.165, 1.54) is 0 Å². The highest BCUT2D eigenvalue weighted by Gasteiger charge is 2.29. The molecule has 2 aromatic rings. The van der Waals surface area contributed by atoms with Gasteiger partial charge in [0.2, 0.25) is 5.91 Å². The Balaban J connectivity index is 1.80. The van der Waals surface area contributed by atoms with Gasteiger partial charge >= 0.3 is 5.97 Å². The van der Waals surface area contributed by atoms with Crippen LogP contribution in [-0.2, 0) is 9.53 Å². The van der Waals surface area contributed by atoms with Crippen molar-refractivity contribution in [3.05, 3.63) is 65.7 Å². The lowest BCUT2D eigenvalue weighted by Crippen LogP contribution is -2.35. The molecule has 1 N–H and O–H groups in total. The second kappa shape index (κ2) is 8.63. The van der Waals surface area contributed by atoms with Crippen molar-refractivity contribution < 1.29 is 14.3 Å². The van der Waals surface area contributed by atoms with Gasteiger partial charge in [-0.2, -0.15) is 0 Å². The molecule has 1 amide bonds. The molecule has 1 heterocycles. The number of nitrogens with zero attached hydrogens (tertiary/aromatic N) is 1. The smallest absolute Gasteiger partial charge is 0.338 e. The first kappa shape index (κ1) is 18.1. The van der Waals surface area contributed by atoms with Crippen LogP contribution >= 0.6 is 0 Å². The molecule has 1 atom stereocenters. The van der Waals surface area contributed by atoms with Gasteiger partial charge < -0.3 is 10.1 Å². The molecule has 1 unspecified atom stereocenters. The standard InChI is InChI=1S/C21H24N2O3/c1-2-26-21(25)17-11-8-12-18(15-17)22-20(24)19(23-13-6-7-14-23)16-9-4-3-5-10-16/h3-5,8-12,15,19H,2,6-7,13-14H2,1H3,(H,22,24). The lowest BCUT2D eigenvalue weighted by Gasteiger charge is -2.27. The Hall–Kier alpha value is -2.66. The zero-order valence-electron chi connectivity index (χ0n) is 15.0. The number of esters is 1. The molecule has 2 aromatic carbocycles. The van der Waals surface area contributed by atoms with Gasteiger partial charge in [0.15, 0.2) is 0 Å². The van der Waals surface area contributed by atoms with Crippen LogP contribution in [0.4, 0.5) is 5.69 Å². The van der Waals surface area contributed by atoms with Crippen molar-refractivity contribution in [3.63, 3.8) is 0 Å². The Bertz CT molecular complexity index is 755. The summed E-state index contributed by atoms with van der Waals surface area (Å²) in [6, 6.07) is 16.4. The number of amides is 1. The summed E-state index contributed by atoms with van der Waals surface area (Å²) in [6.45, 7) is 3.91. The van der Waals surface area contributed by atoms with E-state index in [-0.39, 0.29) is 17.9 Å². The number of hydrogen-bond acceptors (Lipinski definition) is 4. The van der Waals surface area contributed by atoms with Crippen LogP contribution in [0, 0.1) is 0 Å². The van der Waals surface area contributed by atoms with Crippen LogP contribution in [0.3, 0.4) is 0 Å². The minimum atomic E-state index is -0.386. The van der Waals surface area contributed by atoms with Crippen molar-refractivity contribution in [3.8, 4) is 0 Å². The van der Waals surface area contributed by atoms with Crippen molar-refractivity contribution in [2.45, 2.75) is 25.8 Å². The summed E-state index contributed by atoms with van der Waals surface area (Å²) in [7, 11) is 0. The van der Waals surface area contributed by atoms with Crippen molar-refractivity contribution in [2.24, 2.45) is 0 Å². The number of carbonyl (C=O) groups excluding carboxylic acids is 2. The third-order valence-electron chi connectivity index (χ3n) is 4.51. The number of benzene rings is 2. The minimum absolute atomic E-state index is 0.0842. The van der Waals surface area contributed by atoms with E-state index in [0.717, 1.165) is 31.5 Å². The summed E-state index contributed by atoms with van der Waals surface area (Å²) in [4.78, 5) is 27.2. The molecular formula is C21H24N2O3. The third kappa shape index (κ3) is 4.29. The van der Waals surface area contributed by atoms with E-state index in [1.54, 1.807) is 31.2 Å². The SMILES string of the molecule is CCOC(=O)c1cccc(NC(=O)C(c2ccccc2)N2CCCC2)c1. The molecular weight excluding hydrogens is 328 g/mol. The highest BCUT2D eigenvalue weighted by Crippen LogP contribution is 2.26. The summed E-state index contributed by atoms with van der Waals surface area (Å²) in [5.74, 6) is -0.470. The Kier molecular flexibility index (Phi) is 6.02. The van der Waals surface area contributed by atoms with E-state index < -0.39 is 0 Å². The average molecular weight is 352 g/mol. The van der Waals surface area contributed by atoms with E-state index in [9.17, 15) is 9.59 Å². The predicted molar refractivity (Wildman–Crippen MR) is 101 cm³/mol. The maximum atomic E-state index is 13.0. The van der Waals surface area contributed by atoms with Crippen LogP contribution in [0.25, 0.3) is 0 Å². The quantitative estimate of drug-likeness (QED) is 0.807. The number of nitrogens with one attached hydrogen (secondary N) is 1. The third-order valence-corrected chi connectivity index (χ3v) is 4.51. The molecule has 5 nitrogen and oxygen atoms in total. The molecule has 3 rings (SSSR count). The fourth-order valence-electron chi connectivity index (χ4n) is 3.31. The fraction of sp³-hybridized carbons (Fsp3) is 0.333. The van der Waals surface area contributed by atoms with Gasteiger partial charge in [0.05, 0.1) is 12.2 Å². The zero-order valence-corrected chi connectivity index (χ0v) is 15.0. The molecule has 26 heavy (non-hydrogen) atoms. The molecule has 1 fully saturated rings. The van der Waals surface area contributed by atoms with Crippen LogP contribution in [0.15, 0.2) is 54.6 Å². The number of anilines is 1. The van der Waals surface area contributed by atoms with Gasteiger partial charge in [0, 0.05) is 5.69 Å². The lowest BCUT2D eigenvalue weighted by atomic mass is 10.0. The van der Waals surface area contributed by atoms with Gasteiger partial charge in [-0.05, 0) is 56.6 Å². The number of rotatable bonds is 6. The fourth-order valence-corrected chi connectivity index (χ4v) is 3.31. The number of likely N-dealkylation sites (tertiary alicyclic amines) is 1. The topological polar surface area (TPSA) is 58.6 Å². The maximum Gasteiger partial charge on any atom is 0.338 e. The molecule has 0 saturated carbocycles. The van der Waals surface area contributed by atoms with Crippen LogP contribution in [0.2, 0.25) is 0 Å². The second-order valence-electron chi connectivity index (χ2n) is 6.35. The number of carbonyl (C=O) groups is 2. The van der Waals surface area contributed by atoms with Gasteiger partial charge in [-0.25, -0.2) is 4.79 Å². The van der Waals surface area contributed by atoms with Crippen LogP contribution in [0.5, 0.6) is 0 Å². The van der Waals surface area contributed by atoms with E-state index >= 15 is 0 Å². The van der Waals surface area contributed by atoms with E-state index in [0.29, 0.717) is 17.9 Å². The summed E-state index contributed by atoms with van der Waals surface area (Å²) in [5, 5.41) is 2.97. The molecule has 1 aliphatic rings. The number of ether oxygens (including phenoxy) is 1. The lowest BCUT2D eigenvalue weighted by molar-refractivity contribution is -0.121. The first-order valence-electron chi connectivity index (χ1n) is 9.06. The Morgan fingerprint density at radius 1 is 1.08 bits per heavy atom. The van der Waals surface area contributed by atoms with Gasteiger partial charge in [-0.15, -0.1) is 0 Å². The first-order chi connectivity index (χ1) is 12.7. The van der Waals surface area contributed by atoms with Gasteiger partial charge in [-0.3, -0.25) is 9.69 Å². The predicted octanol–water partition coefficient (Wildman–Crippen LogP) is 3.64. The summed E-state index contributed by atoms with van der Waals surface area (Å²) in [6.07, 6.45) is 2.21. The molecule has 0 aromatic heterocycles. The van der Waals surface area contributed by atoms with Gasteiger partial charge in [0.1, 0.15) is 6.04 Å². The second-order valence-corrected chi connectivity index (χ2v) is 6.35. The van der Waals surface area contributed by atoms with Crippen molar-refractivity contribution in [1.82, 2.24) is 4.90 Å². The van der Waals surface area contributed by atoms with Crippen LogP contribution in [0.1, 0.15) is 41.7 Å². The van der Waals surface area contributed by atoms with Crippen molar-refractivity contribution >= 4 is 17.6 Å². The highest BCUT2D eigenvalue weighted by atomic mass is 16.5. The largest absolute Gasteiger partial charge is 0.462 e. The Labute approximate surface area is 154 Å². The van der Waals surface area contributed by atoms with Gasteiger partial charge in [0.25, 0.3) is 0 Å². The highest BCUT2D eigenvalue weighted by molar-refractivity contribution is 5.97. The minimum Gasteiger partial charge on any atom is -0.462 e.